The van der Waals surface area contributed by atoms with Crippen LogP contribution in [0.15, 0.2) is 66.7 Å². The van der Waals surface area contributed by atoms with Crippen molar-refractivity contribution in [3.05, 3.63) is 101 Å². The van der Waals surface area contributed by atoms with Crippen LogP contribution in [0.3, 0.4) is 0 Å². The monoisotopic (exact) mass is 558 g/mol. The SMILES string of the molecule is COc1cc2c(cc1OC)C(/C=C/c1cc(F)ccc1F)N(CCNC(=O)Nc1cc(C)nc3ccccc13)CC2. The predicted octanol–water partition coefficient (Wildman–Crippen LogP) is 6.27. The first-order valence-electron chi connectivity index (χ1n) is 13.4. The molecule has 41 heavy (non-hydrogen) atoms. The molecule has 0 fully saturated rings. The number of nitrogens with one attached hydrogen (secondary N) is 2. The Morgan fingerprint density at radius 3 is 2.66 bits per heavy atom. The number of pyridine rings is 1. The van der Waals surface area contributed by atoms with Gasteiger partial charge in [-0.15, -0.1) is 0 Å². The van der Waals surface area contributed by atoms with Crippen molar-refractivity contribution in [3.8, 4) is 11.5 Å². The Kier molecular flexibility index (Phi) is 8.45. The summed E-state index contributed by atoms with van der Waals surface area (Å²) < 4.78 is 39.3. The zero-order valence-corrected chi connectivity index (χ0v) is 23.2. The van der Waals surface area contributed by atoms with Crippen LogP contribution >= 0.6 is 0 Å². The summed E-state index contributed by atoms with van der Waals surface area (Å²) in [6.07, 6.45) is 4.20. The fraction of sp³-hybridized carbons (Fsp3) is 0.250. The van der Waals surface area contributed by atoms with Crippen molar-refractivity contribution in [1.82, 2.24) is 15.2 Å². The van der Waals surface area contributed by atoms with Gasteiger partial charge in [-0.25, -0.2) is 13.6 Å². The molecule has 3 aromatic carbocycles. The number of para-hydroxylation sites is 1. The summed E-state index contributed by atoms with van der Waals surface area (Å²) in [7, 11) is 3.17. The number of benzene rings is 3. The molecule has 1 atom stereocenters. The minimum absolute atomic E-state index is 0.162. The smallest absolute Gasteiger partial charge is 0.319 e. The number of rotatable bonds is 8. The summed E-state index contributed by atoms with van der Waals surface area (Å²) >= 11 is 0. The lowest BCUT2D eigenvalue weighted by Crippen LogP contribution is -2.41. The Labute approximate surface area is 237 Å². The number of anilines is 1. The number of aromatic nitrogens is 1. The molecule has 2 amide bonds. The van der Waals surface area contributed by atoms with Gasteiger partial charge in [0.25, 0.3) is 0 Å². The van der Waals surface area contributed by atoms with Crippen LogP contribution in [-0.4, -0.2) is 49.8 Å². The quantitative estimate of drug-likeness (QED) is 0.267. The Morgan fingerprint density at radius 2 is 1.85 bits per heavy atom. The highest BCUT2D eigenvalue weighted by atomic mass is 19.1. The number of nitrogens with zero attached hydrogens (tertiary/aromatic N) is 2. The van der Waals surface area contributed by atoms with Gasteiger partial charge in [-0.05, 0) is 66.9 Å². The first-order valence-corrected chi connectivity index (χ1v) is 13.4. The standard InChI is InChI=1S/C32H32F2N4O3/c1-20-16-28(24-6-4-5-7-27(24)36-20)37-32(39)35-13-15-38-14-12-21-18-30(40-2)31(41-3)19-25(21)29(38)11-8-22-17-23(33)9-10-26(22)34/h4-11,16-19,29H,12-15H2,1-3H3,(H2,35,36,37,39)/b11-8+. The molecule has 0 saturated carbocycles. The number of aryl methyl sites for hydroxylation is 1. The molecular weight excluding hydrogens is 526 g/mol. The average Bonchev–Trinajstić information content (AvgIpc) is 2.97. The van der Waals surface area contributed by atoms with E-state index in [-0.39, 0.29) is 17.6 Å². The average molecular weight is 559 g/mol. The Morgan fingerprint density at radius 1 is 1.07 bits per heavy atom. The van der Waals surface area contributed by atoms with Gasteiger partial charge >= 0.3 is 6.03 Å². The fourth-order valence-corrected chi connectivity index (χ4v) is 5.23. The van der Waals surface area contributed by atoms with Gasteiger partial charge in [0.1, 0.15) is 11.6 Å². The van der Waals surface area contributed by atoms with Crippen LogP contribution in [0.4, 0.5) is 19.3 Å². The number of carbonyl (C=O) groups is 1. The molecule has 1 unspecified atom stereocenters. The molecule has 2 N–H and O–H groups in total. The highest BCUT2D eigenvalue weighted by Crippen LogP contribution is 2.39. The van der Waals surface area contributed by atoms with Crippen LogP contribution < -0.4 is 20.1 Å². The second kappa shape index (κ2) is 12.3. The lowest BCUT2D eigenvalue weighted by atomic mass is 9.91. The minimum Gasteiger partial charge on any atom is -0.493 e. The normalized spacial score (nSPS) is 15.1. The third kappa shape index (κ3) is 6.30. The van der Waals surface area contributed by atoms with E-state index >= 15 is 0 Å². The summed E-state index contributed by atoms with van der Waals surface area (Å²) in [6.45, 7) is 3.48. The molecular formula is C32H32F2N4O3. The molecule has 4 aromatic rings. The molecule has 212 valence electrons. The number of ether oxygens (including phenoxy) is 2. The highest BCUT2D eigenvalue weighted by Gasteiger charge is 2.27. The molecule has 2 heterocycles. The molecule has 1 aliphatic heterocycles. The highest BCUT2D eigenvalue weighted by molar-refractivity contribution is 6.00. The summed E-state index contributed by atoms with van der Waals surface area (Å²) in [5.74, 6) is 0.206. The lowest BCUT2D eigenvalue weighted by Gasteiger charge is -2.36. The molecule has 9 heteroatoms. The number of hydrogen-bond acceptors (Lipinski definition) is 5. The Balaban J connectivity index is 1.34. The van der Waals surface area contributed by atoms with E-state index in [9.17, 15) is 13.6 Å². The number of amides is 2. The number of hydrogen-bond donors (Lipinski definition) is 2. The van der Waals surface area contributed by atoms with E-state index in [1.54, 1.807) is 20.3 Å². The van der Waals surface area contributed by atoms with Crippen molar-refractivity contribution < 1.29 is 23.0 Å². The predicted molar refractivity (Wildman–Crippen MR) is 156 cm³/mol. The van der Waals surface area contributed by atoms with Gasteiger partial charge in [0.2, 0.25) is 0 Å². The molecule has 5 rings (SSSR count). The van der Waals surface area contributed by atoms with Crippen LogP contribution in [0, 0.1) is 18.6 Å². The van der Waals surface area contributed by atoms with Gasteiger partial charge in [0, 0.05) is 36.3 Å². The van der Waals surface area contributed by atoms with E-state index in [2.05, 4.69) is 20.5 Å². The number of carbonyl (C=O) groups excluding carboxylic acids is 1. The first kappa shape index (κ1) is 28.0. The van der Waals surface area contributed by atoms with Crippen molar-refractivity contribution >= 4 is 28.7 Å². The van der Waals surface area contributed by atoms with Gasteiger partial charge < -0.3 is 20.1 Å². The second-order valence-electron chi connectivity index (χ2n) is 9.87. The van der Waals surface area contributed by atoms with Gasteiger partial charge in [-0.3, -0.25) is 9.88 Å². The van der Waals surface area contributed by atoms with Crippen molar-refractivity contribution in [1.29, 1.82) is 0 Å². The molecule has 0 saturated heterocycles. The topological polar surface area (TPSA) is 75.7 Å². The van der Waals surface area contributed by atoms with E-state index in [1.807, 2.05) is 55.5 Å². The third-order valence-electron chi connectivity index (χ3n) is 7.22. The van der Waals surface area contributed by atoms with E-state index in [4.69, 9.17) is 9.47 Å². The van der Waals surface area contributed by atoms with E-state index in [0.717, 1.165) is 46.3 Å². The molecule has 1 aliphatic rings. The van der Waals surface area contributed by atoms with Crippen LogP contribution in [-0.2, 0) is 6.42 Å². The van der Waals surface area contributed by atoms with Crippen molar-refractivity contribution in [3.63, 3.8) is 0 Å². The lowest BCUT2D eigenvalue weighted by molar-refractivity contribution is 0.216. The largest absolute Gasteiger partial charge is 0.493 e. The van der Waals surface area contributed by atoms with E-state index < -0.39 is 11.6 Å². The van der Waals surface area contributed by atoms with Gasteiger partial charge in [0.15, 0.2) is 11.5 Å². The van der Waals surface area contributed by atoms with E-state index in [1.165, 1.54) is 6.07 Å². The van der Waals surface area contributed by atoms with E-state index in [0.29, 0.717) is 36.8 Å². The Hall–Kier alpha value is -4.50. The van der Waals surface area contributed by atoms with Crippen molar-refractivity contribution in [2.75, 3.05) is 39.2 Å². The molecule has 7 nitrogen and oxygen atoms in total. The van der Waals surface area contributed by atoms with Crippen LogP contribution in [0.2, 0.25) is 0 Å². The summed E-state index contributed by atoms with van der Waals surface area (Å²) in [5, 5.41) is 6.76. The molecule has 0 bridgehead atoms. The van der Waals surface area contributed by atoms with Crippen molar-refractivity contribution in [2.24, 2.45) is 0 Å². The molecule has 0 aliphatic carbocycles. The van der Waals surface area contributed by atoms with Gasteiger partial charge in [-0.1, -0.05) is 30.4 Å². The van der Waals surface area contributed by atoms with Crippen LogP contribution in [0.25, 0.3) is 17.0 Å². The van der Waals surface area contributed by atoms with Gasteiger partial charge in [-0.2, -0.15) is 0 Å². The first-order chi connectivity index (χ1) is 19.9. The number of halogens is 2. The summed E-state index contributed by atoms with van der Waals surface area (Å²) in [6, 6.07) is 16.2. The zero-order chi connectivity index (χ0) is 28.9. The zero-order valence-electron chi connectivity index (χ0n) is 23.2. The summed E-state index contributed by atoms with van der Waals surface area (Å²) in [4.78, 5) is 19.5. The molecule has 1 aromatic heterocycles. The molecule has 0 radical (unpaired) electrons. The number of urea groups is 1. The maximum atomic E-state index is 14.4. The van der Waals surface area contributed by atoms with Gasteiger partial charge in [0.05, 0.1) is 31.5 Å². The van der Waals surface area contributed by atoms with Crippen LogP contribution in [0.5, 0.6) is 11.5 Å². The second-order valence-corrected chi connectivity index (χ2v) is 9.87. The fourth-order valence-electron chi connectivity index (χ4n) is 5.23. The maximum absolute atomic E-state index is 14.4. The molecule has 0 spiro atoms. The summed E-state index contributed by atoms with van der Waals surface area (Å²) in [5.41, 5.74) is 4.53. The minimum atomic E-state index is -0.509. The maximum Gasteiger partial charge on any atom is 0.319 e. The number of fused-ring (bicyclic) bond motifs is 2. The third-order valence-corrected chi connectivity index (χ3v) is 7.22. The Bertz CT molecular complexity index is 1610. The van der Waals surface area contributed by atoms with Crippen molar-refractivity contribution in [2.45, 2.75) is 19.4 Å². The van der Waals surface area contributed by atoms with Crippen LogP contribution in [0.1, 0.15) is 28.4 Å². The number of methoxy groups -OCH3 is 2.